The van der Waals surface area contributed by atoms with E-state index in [1.165, 1.54) is 0 Å². The molecule has 0 spiro atoms. The number of carbonyl (C=O) groups is 1. The summed E-state index contributed by atoms with van der Waals surface area (Å²) in [5, 5.41) is 1.41. The van der Waals surface area contributed by atoms with Gasteiger partial charge in [-0.05, 0) is 55.0 Å². The van der Waals surface area contributed by atoms with Crippen molar-refractivity contribution in [3.05, 3.63) is 105 Å². The first-order valence-corrected chi connectivity index (χ1v) is 14.2. The molecule has 10 heteroatoms. The smallest absolute Gasteiger partial charge is 0.278 e. The minimum absolute atomic E-state index is 0.162. The Balaban J connectivity index is 1.20. The van der Waals surface area contributed by atoms with Crippen LogP contribution in [0.5, 0.6) is 0 Å². The molecule has 1 amide bonds. The average molecular weight is 587 g/mol. The maximum atomic E-state index is 13.7. The number of carbonyl (C=O) groups excluding carboxylic acids is 1. The molecular formula is C31H29Cl2N7O. The summed E-state index contributed by atoms with van der Waals surface area (Å²) in [7, 11) is 0. The number of piperazine rings is 1. The number of benzene rings is 3. The van der Waals surface area contributed by atoms with E-state index in [-0.39, 0.29) is 11.9 Å². The number of aromatic nitrogens is 2. The van der Waals surface area contributed by atoms with Crippen LogP contribution < -0.4 is 15.5 Å². The zero-order chi connectivity index (χ0) is 28.5. The second-order valence-electron chi connectivity index (χ2n) is 10.3. The summed E-state index contributed by atoms with van der Waals surface area (Å²) >= 11 is 12.2. The Hall–Kier alpha value is -3.98. The first-order chi connectivity index (χ1) is 19.8. The van der Waals surface area contributed by atoms with Crippen LogP contribution in [0.15, 0.2) is 77.9 Å². The molecule has 1 fully saturated rings. The molecule has 1 aromatic heterocycles. The van der Waals surface area contributed by atoms with Gasteiger partial charge in [0.25, 0.3) is 11.9 Å². The highest BCUT2D eigenvalue weighted by Gasteiger charge is 2.36. The molecule has 0 atom stereocenters. The number of nitrogens with zero attached hydrogens (tertiary/aromatic N) is 6. The zero-order valence-electron chi connectivity index (χ0n) is 22.6. The molecule has 0 radical (unpaired) electrons. The molecule has 3 heterocycles. The molecule has 8 nitrogen and oxygen atoms in total. The number of anilines is 3. The van der Waals surface area contributed by atoms with E-state index in [4.69, 9.17) is 28.9 Å². The van der Waals surface area contributed by atoms with Gasteiger partial charge in [0.2, 0.25) is 0 Å². The van der Waals surface area contributed by atoms with E-state index < -0.39 is 0 Å². The molecule has 4 aromatic rings. The van der Waals surface area contributed by atoms with E-state index in [0.717, 1.165) is 64.8 Å². The van der Waals surface area contributed by atoms with Crippen molar-refractivity contribution in [2.45, 2.75) is 13.3 Å². The van der Waals surface area contributed by atoms with Crippen LogP contribution in [0.1, 0.15) is 22.3 Å². The van der Waals surface area contributed by atoms with Gasteiger partial charge in [-0.15, -0.1) is 0 Å². The van der Waals surface area contributed by atoms with Gasteiger partial charge >= 0.3 is 0 Å². The second kappa shape index (κ2) is 11.5. The van der Waals surface area contributed by atoms with Gasteiger partial charge in [0, 0.05) is 65.7 Å². The number of hydrogen-bond donors (Lipinski definition) is 1. The second-order valence-corrected chi connectivity index (χ2v) is 11.2. The predicted octanol–water partition coefficient (Wildman–Crippen LogP) is 5.51. The lowest BCUT2D eigenvalue weighted by atomic mass is 10.1. The molecule has 0 unspecified atom stereocenters. The van der Waals surface area contributed by atoms with Crippen molar-refractivity contribution in [2.75, 3.05) is 48.4 Å². The lowest BCUT2D eigenvalue weighted by Crippen LogP contribution is -2.51. The number of hydrogen-bond acceptors (Lipinski definition) is 7. The summed E-state index contributed by atoms with van der Waals surface area (Å²) in [6.07, 6.45) is 2.24. The summed E-state index contributed by atoms with van der Waals surface area (Å²) in [4.78, 5) is 33.6. The summed E-state index contributed by atoms with van der Waals surface area (Å²) in [5.41, 5.74) is 12.2. The van der Waals surface area contributed by atoms with Crippen LogP contribution in [0.25, 0.3) is 0 Å². The van der Waals surface area contributed by atoms with Gasteiger partial charge in [-0.3, -0.25) is 14.6 Å². The normalized spacial score (nSPS) is 16.5. The first kappa shape index (κ1) is 27.2. The number of amides is 1. The fourth-order valence-corrected chi connectivity index (χ4v) is 5.53. The highest BCUT2D eigenvalue weighted by atomic mass is 35.5. The minimum atomic E-state index is -0.171. The van der Waals surface area contributed by atoms with Crippen molar-refractivity contribution in [2.24, 2.45) is 4.99 Å². The SMILES string of the molecule is Cc1ccc2c(c1)/C(=N/c1ncc(Cc3ccc(Cl)cc3)c(N)n1)C(=O)N2CN1CCN(c2cccc(Cl)c2)CC1. The molecule has 2 aliphatic heterocycles. The molecule has 2 N–H and O–H groups in total. The highest BCUT2D eigenvalue weighted by Crippen LogP contribution is 2.32. The number of nitrogen functional groups attached to an aromatic ring is 1. The van der Waals surface area contributed by atoms with E-state index in [0.29, 0.717) is 29.6 Å². The standard InChI is InChI=1S/C31H29Cl2N7O/c1-20-5-10-27-26(15-20)28(36-31-35-18-22(29(34)37-31)16-21-6-8-23(32)9-7-21)30(41)40(27)19-38-11-13-39(14-12-38)25-4-2-3-24(33)17-25/h2-10,15,17-18H,11-14,16,19H2,1H3,(H2,34,35,37)/b36-28-. The summed E-state index contributed by atoms with van der Waals surface area (Å²) < 4.78 is 0. The van der Waals surface area contributed by atoms with Crippen LogP contribution in [-0.4, -0.2) is 59.3 Å². The molecular weight excluding hydrogens is 557 g/mol. The van der Waals surface area contributed by atoms with Crippen LogP contribution in [0.3, 0.4) is 0 Å². The Labute approximate surface area is 249 Å². The number of aliphatic imine (C=N–C) groups is 1. The third-order valence-corrected chi connectivity index (χ3v) is 7.92. The molecule has 2 aliphatic rings. The Morgan fingerprint density at radius 1 is 0.951 bits per heavy atom. The molecule has 0 aliphatic carbocycles. The molecule has 0 saturated carbocycles. The van der Waals surface area contributed by atoms with Gasteiger partial charge in [0.1, 0.15) is 11.5 Å². The van der Waals surface area contributed by atoms with Gasteiger partial charge in [-0.25, -0.2) is 9.98 Å². The van der Waals surface area contributed by atoms with Gasteiger partial charge in [0.15, 0.2) is 0 Å². The molecule has 208 valence electrons. The highest BCUT2D eigenvalue weighted by molar-refractivity contribution is 6.54. The van der Waals surface area contributed by atoms with Gasteiger partial charge in [-0.1, -0.05) is 53.0 Å². The van der Waals surface area contributed by atoms with Crippen molar-refractivity contribution < 1.29 is 4.79 Å². The summed E-state index contributed by atoms with van der Waals surface area (Å²) in [6, 6.07) is 21.5. The molecule has 41 heavy (non-hydrogen) atoms. The summed E-state index contributed by atoms with van der Waals surface area (Å²) in [6.45, 7) is 5.80. The molecule has 6 rings (SSSR count). The number of halogens is 2. The zero-order valence-corrected chi connectivity index (χ0v) is 24.1. The predicted molar refractivity (Wildman–Crippen MR) is 166 cm³/mol. The minimum Gasteiger partial charge on any atom is -0.383 e. The number of fused-ring (bicyclic) bond motifs is 1. The first-order valence-electron chi connectivity index (χ1n) is 13.4. The topological polar surface area (TPSA) is 90.9 Å². The lowest BCUT2D eigenvalue weighted by Gasteiger charge is -2.37. The molecule has 1 saturated heterocycles. The number of rotatable bonds is 6. The maximum absolute atomic E-state index is 13.7. The largest absolute Gasteiger partial charge is 0.383 e. The van der Waals surface area contributed by atoms with Crippen LogP contribution in [0.4, 0.5) is 23.1 Å². The lowest BCUT2D eigenvalue weighted by molar-refractivity contribution is -0.112. The number of aryl methyl sites for hydroxylation is 1. The van der Waals surface area contributed by atoms with Crippen molar-refractivity contribution in [3.8, 4) is 0 Å². The van der Waals surface area contributed by atoms with Crippen molar-refractivity contribution in [1.29, 1.82) is 0 Å². The van der Waals surface area contributed by atoms with E-state index >= 15 is 0 Å². The van der Waals surface area contributed by atoms with E-state index in [1.54, 1.807) is 11.1 Å². The quantitative estimate of drug-likeness (QED) is 0.321. The van der Waals surface area contributed by atoms with E-state index in [2.05, 4.69) is 30.8 Å². The average Bonchev–Trinajstić information content (AvgIpc) is 3.21. The Morgan fingerprint density at radius 3 is 2.46 bits per heavy atom. The molecule has 3 aromatic carbocycles. The number of nitrogens with two attached hydrogens (primary N) is 1. The van der Waals surface area contributed by atoms with Gasteiger partial charge in [0.05, 0.1) is 12.4 Å². The van der Waals surface area contributed by atoms with E-state index in [9.17, 15) is 4.79 Å². The van der Waals surface area contributed by atoms with Crippen molar-refractivity contribution in [1.82, 2.24) is 14.9 Å². The third kappa shape index (κ3) is 5.91. The monoisotopic (exact) mass is 585 g/mol. The Kier molecular flexibility index (Phi) is 7.62. The third-order valence-electron chi connectivity index (χ3n) is 7.44. The van der Waals surface area contributed by atoms with Crippen molar-refractivity contribution >= 4 is 58.0 Å². The van der Waals surface area contributed by atoms with Crippen LogP contribution in [-0.2, 0) is 11.2 Å². The maximum Gasteiger partial charge on any atom is 0.278 e. The van der Waals surface area contributed by atoms with Crippen molar-refractivity contribution in [3.63, 3.8) is 0 Å². The van der Waals surface area contributed by atoms with Crippen LogP contribution >= 0.6 is 23.2 Å². The Bertz CT molecular complexity index is 1630. The fourth-order valence-electron chi connectivity index (χ4n) is 5.22. The van der Waals surface area contributed by atoms with Crippen LogP contribution in [0, 0.1) is 6.92 Å². The van der Waals surface area contributed by atoms with Gasteiger partial charge < -0.3 is 10.6 Å². The Morgan fingerprint density at radius 2 is 1.73 bits per heavy atom. The van der Waals surface area contributed by atoms with Gasteiger partial charge in [-0.2, -0.15) is 4.98 Å². The molecule has 0 bridgehead atoms. The fraction of sp³-hybridized carbons (Fsp3) is 0.226. The summed E-state index contributed by atoms with van der Waals surface area (Å²) in [5.74, 6) is 0.323. The van der Waals surface area contributed by atoms with Crippen LogP contribution in [0.2, 0.25) is 10.0 Å². The van der Waals surface area contributed by atoms with E-state index in [1.807, 2.05) is 67.6 Å².